The van der Waals surface area contributed by atoms with Crippen molar-refractivity contribution in [3.63, 3.8) is 0 Å². The minimum absolute atomic E-state index is 0.153. The summed E-state index contributed by atoms with van der Waals surface area (Å²) in [5, 5.41) is 9.60. The number of hydrogen-bond donors (Lipinski definition) is 1. The topological polar surface area (TPSA) is 37.3 Å². The van der Waals surface area contributed by atoms with E-state index in [1.54, 1.807) is 0 Å². The maximum Gasteiger partial charge on any atom is 0.304 e. The van der Waals surface area contributed by atoms with Gasteiger partial charge in [-0.25, -0.2) is 0 Å². The molecule has 1 rings (SSSR count). The smallest absolute Gasteiger partial charge is 0.304 e. The average molecular weight is 264 g/mol. The number of benzene rings is 1. The van der Waals surface area contributed by atoms with E-state index < -0.39 is 14.0 Å². The molecule has 2 nitrogen and oxygen atoms in total. The molecule has 0 aliphatic heterocycles. The third-order valence-corrected chi connectivity index (χ3v) is 10.6. The van der Waals surface area contributed by atoms with Crippen LogP contribution in [0.15, 0.2) is 30.3 Å². The molecule has 0 bridgehead atoms. The molecule has 100 valence electrons. The Morgan fingerprint density at radius 2 is 1.61 bits per heavy atom. The zero-order valence-electron chi connectivity index (χ0n) is 11.6. The second-order valence-corrected chi connectivity index (χ2v) is 10.5. The molecule has 1 aromatic carbocycles. The molecule has 0 radical (unpaired) electrons. The van der Waals surface area contributed by atoms with Crippen molar-refractivity contribution < 1.29 is 9.90 Å². The molecule has 0 heterocycles. The second kappa shape index (κ2) is 6.74. The lowest BCUT2D eigenvalue weighted by atomic mass is 10.1. The summed E-state index contributed by atoms with van der Waals surface area (Å²) in [6.07, 6.45) is 0.692. The SMILES string of the molecule is CC[Si](CC)(CC)C(Cc1ccccc1)C(=O)O. The van der Waals surface area contributed by atoms with E-state index in [1.165, 1.54) is 0 Å². The Morgan fingerprint density at radius 3 is 2.00 bits per heavy atom. The van der Waals surface area contributed by atoms with Crippen LogP contribution in [0.2, 0.25) is 23.7 Å². The van der Waals surface area contributed by atoms with Gasteiger partial charge in [-0.15, -0.1) is 0 Å². The minimum atomic E-state index is -1.69. The van der Waals surface area contributed by atoms with Gasteiger partial charge in [0.1, 0.15) is 0 Å². The molecule has 0 fully saturated rings. The summed E-state index contributed by atoms with van der Waals surface area (Å²) < 4.78 is 0. The van der Waals surface area contributed by atoms with Gasteiger partial charge in [0.05, 0.1) is 13.6 Å². The fourth-order valence-corrected chi connectivity index (χ4v) is 7.08. The predicted octanol–water partition coefficient (Wildman–Crippen LogP) is 4.19. The lowest BCUT2D eigenvalue weighted by molar-refractivity contribution is -0.137. The highest BCUT2D eigenvalue weighted by Crippen LogP contribution is 2.36. The first-order chi connectivity index (χ1) is 8.59. The summed E-state index contributed by atoms with van der Waals surface area (Å²) >= 11 is 0. The predicted molar refractivity (Wildman–Crippen MR) is 78.7 cm³/mol. The highest BCUT2D eigenvalue weighted by molar-refractivity contribution is 6.83. The molecule has 1 unspecified atom stereocenters. The first-order valence-electron chi connectivity index (χ1n) is 6.86. The van der Waals surface area contributed by atoms with Gasteiger partial charge in [-0.3, -0.25) is 4.79 Å². The maximum atomic E-state index is 11.7. The molecule has 0 aromatic heterocycles. The molecule has 0 saturated carbocycles. The van der Waals surface area contributed by atoms with Crippen molar-refractivity contribution in [3.8, 4) is 0 Å². The van der Waals surface area contributed by atoms with Gasteiger partial charge in [0.2, 0.25) is 0 Å². The van der Waals surface area contributed by atoms with Gasteiger partial charge in [0.15, 0.2) is 0 Å². The third-order valence-electron chi connectivity index (χ3n) is 4.43. The van der Waals surface area contributed by atoms with Gasteiger partial charge in [-0.2, -0.15) is 0 Å². The highest BCUT2D eigenvalue weighted by atomic mass is 28.3. The largest absolute Gasteiger partial charge is 0.481 e. The van der Waals surface area contributed by atoms with Crippen molar-refractivity contribution in [2.45, 2.75) is 50.9 Å². The van der Waals surface area contributed by atoms with Crippen molar-refractivity contribution in [3.05, 3.63) is 35.9 Å². The van der Waals surface area contributed by atoms with E-state index in [2.05, 4.69) is 20.8 Å². The van der Waals surface area contributed by atoms with E-state index in [1.807, 2.05) is 30.3 Å². The quantitative estimate of drug-likeness (QED) is 0.750. The summed E-state index contributed by atoms with van der Waals surface area (Å²) in [5.74, 6) is -0.601. The van der Waals surface area contributed by atoms with Crippen LogP contribution in [0.5, 0.6) is 0 Å². The number of rotatable bonds is 7. The lowest BCUT2D eigenvalue weighted by Crippen LogP contribution is -2.42. The lowest BCUT2D eigenvalue weighted by Gasteiger charge is -2.34. The number of carboxylic acid groups (broad SMARTS) is 1. The number of carbonyl (C=O) groups is 1. The average Bonchev–Trinajstić information content (AvgIpc) is 2.41. The Morgan fingerprint density at radius 1 is 1.11 bits per heavy atom. The van der Waals surface area contributed by atoms with E-state index in [-0.39, 0.29) is 5.54 Å². The molecule has 3 heteroatoms. The van der Waals surface area contributed by atoms with Crippen molar-refractivity contribution in [2.24, 2.45) is 0 Å². The number of carboxylic acids is 1. The van der Waals surface area contributed by atoms with Crippen molar-refractivity contribution in [1.82, 2.24) is 0 Å². The Balaban J connectivity index is 2.99. The van der Waals surface area contributed by atoms with Crippen molar-refractivity contribution >= 4 is 14.0 Å². The van der Waals surface area contributed by atoms with Crippen LogP contribution in [0.4, 0.5) is 0 Å². The van der Waals surface area contributed by atoms with Crippen LogP contribution in [0.25, 0.3) is 0 Å². The molecular formula is C15H24O2Si. The highest BCUT2D eigenvalue weighted by Gasteiger charge is 2.40. The molecule has 0 aliphatic rings. The van der Waals surface area contributed by atoms with Crippen LogP contribution >= 0.6 is 0 Å². The number of aliphatic carboxylic acids is 1. The van der Waals surface area contributed by atoms with Crippen LogP contribution in [0, 0.1) is 0 Å². The van der Waals surface area contributed by atoms with Gasteiger partial charge in [0, 0.05) is 0 Å². The van der Waals surface area contributed by atoms with Crippen LogP contribution in [0.1, 0.15) is 26.3 Å². The molecule has 1 N–H and O–H groups in total. The normalized spacial score (nSPS) is 13.3. The Bertz CT molecular complexity index is 363. The van der Waals surface area contributed by atoms with E-state index in [0.717, 1.165) is 23.7 Å². The Labute approximate surface area is 111 Å². The number of hydrogen-bond acceptors (Lipinski definition) is 1. The van der Waals surface area contributed by atoms with Crippen molar-refractivity contribution in [1.29, 1.82) is 0 Å². The zero-order chi connectivity index (χ0) is 13.6. The molecule has 18 heavy (non-hydrogen) atoms. The second-order valence-electron chi connectivity index (χ2n) is 5.00. The molecule has 1 atom stereocenters. The summed E-state index contributed by atoms with van der Waals surface area (Å²) in [5.41, 5.74) is 0.997. The molecular weight excluding hydrogens is 240 g/mol. The summed E-state index contributed by atoms with van der Waals surface area (Å²) in [7, 11) is -1.69. The van der Waals surface area contributed by atoms with E-state index >= 15 is 0 Å². The monoisotopic (exact) mass is 264 g/mol. The standard InChI is InChI=1S/C15H24O2Si/c1-4-18(5-2,6-3)14(15(16)17)12-13-10-8-7-9-11-13/h7-11,14H,4-6,12H2,1-3H3,(H,16,17). The van der Waals surface area contributed by atoms with E-state index in [9.17, 15) is 9.90 Å². The van der Waals surface area contributed by atoms with Gasteiger partial charge in [-0.1, -0.05) is 69.2 Å². The van der Waals surface area contributed by atoms with E-state index in [4.69, 9.17) is 0 Å². The van der Waals surface area contributed by atoms with Crippen LogP contribution in [0.3, 0.4) is 0 Å². The first-order valence-corrected chi connectivity index (χ1v) is 9.56. The van der Waals surface area contributed by atoms with Crippen molar-refractivity contribution in [2.75, 3.05) is 0 Å². The third kappa shape index (κ3) is 3.22. The van der Waals surface area contributed by atoms with Gasteiger partial charge >= 0.3 is 5.97 Å². The zero-order valence-corrected chi connectivity index (χ0v) is 12.6. The summed E-state index contributed by atoms with van der Waals surface area (Å²) in [6.45, 7) is 6.50. The Hall–Kier alpha value is -1.09. The van der Waals surface area contributed by atoms with Crippen LogP contribution < -0.4 is 0 Å². The Kier molecular flexibility index (Phi) is 5.60. The molecule has 1 aromatic rings. The van der Waals surface area contributed by atoms with Gasteiger partial charge < -0.3 is 5.11 Å². The minimum Gasteiger partial charge on any atom is -0.481 e. The van der Waals surface area contributed by atoms with Crippen LogP contribution in [-0.2, 0) is 11.2 Å². The molecule has 0 spiro atoms. The van der Waals surface area contributed by atoms with E-state index in [0.29, 0.717) is 6.42 Å². The molecule has 0 aliphatic carbocycles. The summed E-state index contributed by atoms with van der Waals surface area (Å²) in [6, 6.07) is 13.2. The molecule has 0 amide bonds. The van der Waals surface area contributed by atoms with Gasteiger partial charge in [0.25, 0.3) is 0 Å². The first kappa shape index (κ1) is 15.0. The van der Waals surface area contributed by atoms with Gasteiger partial charge in [-0.05, 0) is 12.0 Å². The maximum absolute atomic E-state index is 11.7. The van der Waals surface area contributed by atoms with Crippen LogP contribution in [-0.4, -0.2) is 19.1 Å². The summed E-state index contributed by atoms with van der Waals surface area (Å²) in [4.78, 5) is 11.7. The molecule has 0 saturated heterocycles. The fraction of sp³-hybridized carbons (Fsp3) is 0.533. The fourth-order valence-electron chi connectivity index (χ4n) is 2.90.